The number of carbonyl (C=O) groups excluding carboxylic acids is 2. The molecule has 0 spiro atoms. The van der Waals surface area contributed by atoms with Crippen molar-refractivity contribution in [2.24, 2.45) is 0 Å². The third-order valence-electron chi connectivity index (χ3n) is 4.95. The monoisotopic (exact) mass is 400 g/mol. The second-order valence-corrected chi connectivity index (χ2v) is 7.20. The number of methoxy groups -OCH3 is 1. The van der Waals surface area contributed by atoms with Crippen LogP contribution in [0.25, 0.3) is 0 Å². The van der Waals surface area contributed by atoms with Gasteiger partial charge in [0.05, 0.1) is 7.11 Å². The predicted molar refractivity (Wildman–Crippen MR) is 109 cm³/mol. The van der Waals surface area contributed by atoms with E-state index in [0.717, 1.165) is 11.1 Å². The molecule has 29 heavy (non-hydrogen) atoms. The molecule has 2 aromatic rings. The van der Waals surface area contributed by atoms with E-state index in [9.17, 15) is 14.7 Å². The van der Waals surface area contributed by atoms with E-state index in [1.165, 1.54) is 31.9 Å². The van der Waals surface area contributed by atoms with Crippen molar-refractivity contribution in [3.8, 4) is 11.5 Å². The predicted octanol–water partition coefficient (Wildman–Crippen LogP) is 3.27. The molecule has 0 bridgehead atoms. The lowest BCUT2D eigenvalue weighted by atomic mass is 9.91. The molecule has 0 saturated carbocycles. The van der Waals surface area contributed by atoms with Crippen LogP contribution in [0, 0.1) is 13.8 Å². The molecular weight excluding hydrogens is 372 g/mol. The molecule has 1 aromatic carbocycles. The number of amides is 1. The summed E-state index contributed by atoms with van der Waals surface area (Å²) in [4.78, 5) is 28.7. The van der Waals surface area contributed by atoms with Gasteiger partial charge in [0.2, 0.25) is 0 Å². The van der Waals surface area contributed by atoms with E-state index in [0.29, 0.717) is 0 Å². The summed E-state index contributed by atoms with van der Waals surface area (Å²) in [6, 6.07) is 6.69. The Bertz CT molecular complexity index is 897. The summed E-state index contributed by atoms with van der Waals surface area (Å²) in [5.74, 6) is -1.53. The number of esters is 1. The normalized spacial score (nSPS) is 13.9. The molecule has 1 heterocycles. The first-order valence-electron chi connectivity index (χ1n) is 9.46. The number of hydrogen-bond donors (Lipinski definition) is 2. The molecule has 1 aromatic heterocycles. The Morgan fingerprint density at radius 1 is 1.14 bits per heavy atom. The number of pyridine rings is 1. The van der Waals surface area contributed by atoms with Crippen LogP contribution in [-0.2, 0) is 9.53 Å². The average Bonchev–Trinajstić information content (AvgIpc) is 2.67. The highest BCUT2D eigenvalue weighted by atomic mass is 16.5. The van der Waals surface area contributed by atoms with Crippen LogP contribution in [0.4, 0.5) is 0 Å². The van der Waals surface area contributed by atoms with E-state index in [1.54, 1.807) is 0 Å². The SMILES string of the molecule is COc1ccnc(C(=O)NC(C)C(=O)OC(C)C(C)c2ccc(C)cc2C)c1O. The molecule has 0 radical (unpaired) electrons. The van der Waals surface area contributed by atoms with Crippen molar-refractivity contribution in [3.05, 3.63) is 52.8 Å². The van der Waals surface area contributed by atoms with Gasteiger partial charge >= 0.3 is 5.97 Å². The Morgan fingerprint density at radius 3 is 2.45 bits per heavy atom. The summed E-state index contributed by atoms with van der Waals surface area (Å²) >= 11 is 0. The molecule has 1 amide bonds. The maximum absolute atomic E-state index is 12.5. The van der Waals surface area contributed by atoms with Crippen LogP contribution in [-0.4, -0.2) is 41.2 Å². The lowest BCUT2D eigenvalue weighted by Crippen LogP contribution is -2.41. The molecule has 156 valence electrons. The topological polar surface area (TPSA) is 97.8 Å². The van der Waals surface area contributed by atoms with Gasteiger partial charge in [-0.3, -0.25) is 4.79 Å². The molecule has 0 aliphatic heterocycles. The first-order valence-corrected chi connectivity index (χ1v) is 9.46. The fraction of sp³-hybridized carbons (Fsp3) is 0.409. The van der Waals surface area contributed by atoms with Crippen LogP contribution >= 0.6 is 0 Å². The number of aromatic nitrogens is 1. The second kappa shape index (κ2) is 9.41. The largest absolute Gasteiger partial charge is 0.503 e. The number of carbonyl (C=O) groups is 2. The van der Waals surface area contributed by atoms with Gasteiger partial charge in [0.15, 0.2) is 17.2 Å². The van der Waals surface area contributed by atoms with Crippen molar-refractivity contribution in [3.63, 3.8) is 0 Å². The molecule has 7 nitrogen and oxygen atoms in total. The number of nitrogens with zero attached hydrogens (tertiary/aromatic N) is 1. The molecule has 0 aliphatic rings. The highest BCUT2D eigenvalue weighted by Crippen LogP contribution is 2.28. The van der Waals surface area contributed by atoms with Gasteiger partial charge in [-0.1, -0.05) is 30.7 Å². The summed E-state index contributed by atoms with van der Waals surface area (Å²) in [5, 5.41) is 12.5. The number of hydrogen-bond acceptors (Lipinski definition) is 6. The fourth-order valence-electron chi connectivity index (χ4n) is 3.07. The number of ether oxygens (including phenoxy) is 2. The van der Waals surface area contributed by atoms with Gasteiger partial charge in [0, 0.05) is 18.2 Å². The van der Waals surface area contributed by atoms with Crippen molar-refractivity contribution >= 4 is 11.9 Å². The number of benzene rings is 1. The van der Waals surface area contributed by atoms with Crippen LogP contribution in [0.5, 0.6) is 11.5 Å². The molecule has 2 N–H and O–H groups in total. The molecule has 0 saturated heterocycles. The van der Waals surface area contributed by atoms with Gasteiger partial charge in [-0.05, 0) is 38.8 Å². The first kappa shape index (κ1) is 22.2. The van der Waals surface area contributed by atoms with Gasteiger partial charge < -0.3 is 19.9 Å². The van der Waals surface area contributed by atoms with E-state index < -0.39 is 17.9 Å². The molecule has 3 unspecified atom stereocenters. The molecular formula is C22H28N2O5. The Labute approximate surface area is 171 Å². The Hall–Kier alpha value is -3.09. The van der Waals surface area contributed by atoms with Crippen molar-refractivity contribution in [1.29, 1.82) is 0 Å². The standard InChI is InChI=1S/C22H28N2O5/c1-12-7-8-17(13(2)11-12)14(3)16(5)29-22(27)15(4)24-21(26)19-20(25)18(28-6)9-10-23-19/h7-11,14-16,25H,1-6H3,(H,24,26). The number of aryl methyl sites for hydroxylation is 2. The van der Waals surface area contributed by atoms with E-state index in [2.05, 4.69) is 16.4 Å². The van der Waals surface area contributed by atoms with E-state index in [4.69, 9.17) is 9.47 Å². The smallest absolute Gasteiger partial charge is 0.328 e. The average molecular weight is 400 g/mol. The molecule has 0 fully saturated rings. The summed E-state index contributed by atoms with van der Waals surface area (Å²) in [7, 11) is 1.37. The quantitative estimate of drug-likeness (QED) is 0.693. The number of nitrogens with one attached hydrogen (secondary N) is 1. The minimum absolute atomic E-state index is 0.00783. The molecule has 7 heteroatoms. The van der Waals surface area contributed by atoms with Crippen molar-refractivity contribution in [2.45, 2.75) is 52.7 Å². The van der Waals surface area contributed by atoms with Crippen molar-refractivity contribution in [2.75, 3.05) is 7.11 Å². The highest BCUT2D eigenvalue weighted by molar-refractivity contribution is 5.97. The van der Waals surface area contributed by atoms with Crippen LogP contribution in [0.3, 0.4) is 0 Å². The zero-order valence-corrected chi connectivity index (χ0v) is 17.6. The summed E-state index contributed by atoms with van der Waals surface area (Å²) < 4.78 is 10.5. The van der Waals surface area contributed by atoms with Gasteiger partial charge in [0.25, 0.3) is 5.91 Å². The molecule has 0 aliphatic carbocycles. The minimum Gasteiger partial charge on any atom is -0.503 e. The van der Waals surface area contributed by atoms with Crippen LogP contribution < -0.4 is 10.1 Å². The van der Waals surface area contributed by atoms with Gasteiger partial charge in [-0.25, -0.2) is 9.78 Å². The van der Waals surface area contributed by atoms with Crippen LogP contribution in [0.1, 0.15) is 53.9 Å². The van der Waals surface area contributed by atoms with Gasteiger partial charge in [-0.15, -0.1) is 0 Å². The third-order valence-corrected chi connectivity index (χ3v) is 4.95. The second-order valence-electron chi connectivity index (χ2n) is 7.20. The van der Waals surface area contributed by atoms with E-state index in [-0.39, 0.29) is 29.2 Å². The van der Waals surface area contributed by atoms with Crippen LogP contribution in [0.15, 0.2) is 30.5 Å². The van der Waals surface area contributed by atoms with Crippen LogP contribution in [0.2, 0.25) is 0 Å². The zero-order chi connectivity index (χ0) is 21.7. The third kappa shape index (κ3) is 5.25. The van der Waals surface area contributed by atoms with Crippen molar-refractivity contribution < 1.29 is 24.2 Å². The summed E-state index contributed by atoms with van der Waals surface area (Å²) in [5.41, 5.74) is 3.20. The number of rotatable bonds is 7. The van der Waals surface area contributed by atoms with Gasteiger partial charge in [-0.2, -0.15) is 0 Å². The molecule has 3 atom stereocenters. The lowest BCUT2D eigenvalue weighted by molar-refractivity contribution is -0.151. The Balaban J connectivity index is 2.02. The maximum Gasteiger partial charge on any atom is 0.328 e. The summed E-state index contributed by atoms with van der Waals surface area (Å²) in [6.45, 7) is 9.41. The van der Waals surface area contributed by atoms with Crippen molar-refractivity contribution in [1.82, 2.24) is 10.3 Å². The maximum atomic E-state index is 12.5. The Morgan fingerprint density at radius 2 is 1.83 bits per heavy atom. The molecule has 2 rings (SSSR count). The zero-order valence-electron chi connectivity index (χ0n) is 17.6. The van der Waals surface area contributed by atoms with Gasteiger partial charge in [0.1, 0.15) is 12.1 Å². The van der Waals surface area contributed by atoms with E-state index in [1.807, 2.05) is 39.8 Å². The highest BCUT2D eigenvalue weighted by Gasteiger charge is 2.26. The fourth-order valence-corrected chi connectivity index (χ4v) is 3.07. The summed E-state index contributed by atoms with van der Waals surface area (Å²) in [6.07, 6.45) is 0.955. The number of aromatic hydroxyl groups is 1. The van der Waals surface area contributed by atoms with E-state index >= 15 is 0 Å². The Kier molecular flexibility index (Phi) is 7.20. The lowest BCUT2D eigenvalue weighted by Gasteiger charge is -2.24. The minimum atomic E-state index is -0.913. The first-order chi connectivity index (χ1) is 13.6.